The van der Waals surface area contributed by atoms with Gasteiger partial charge in [-0.3, -0.25) is 4.98 Å². The number of hydrogen-bond donors (Lipinski definition) is 1. The molecule has 86 valence electrons. The van der Waals surface area contributed by atoms with E-state index in [-0.39, 0.29) is 5.56 Å². The number of hydrogen-bond acceptors (Lipinski definition) is 4. The number of aromatic nitrogens is 1. The molecule has 0 radical (unpaired) electrons. The first-order chi connectivity index (χ1) is 8.16. The second-order valence-corrected chi connectivity index (χ2v) is 4.32. The van der Waals surface area contributed by atoms with Gasteiger partial charge >= 0.3 is 0 Å². The number of anilines is 1. The molecule has 0 fully saturated rings. The monoisotopic (exact) mass is 227 g/mol. The van der Waals surface area contributed by atoms with Gasteiger partial charge in [0.1, 0.15) is 0 Å². The molecule has 17 heavy (non-hydrogen) atoms. The smallest absolute Gasteiger partial charge is 0.0726 e. The Balaban J connectivity index is 2.33. The Hall–Kier alpha value is -2.10. The number of aromatic carboxylic acids is 1. The van der Waals surface area contributed by atoms with Crippen molar-refractivity contribution in [2.24, 2.45) is 0 Å². The highest BCUT2D eigenvalue weighted by Gasteiger charge is 2.17. The number of fused-ring (bicyclic) bond motifs is 2. The third kappa shape index (κ3) is 1.45. The molecule has 1 aliphatic rings. The highest BCUT2D eigenvalue weighted by molar-refractivity contribution is 5.98. The SMILES string of the molecule is Nc1c2c(nc3ccc(C(=O)[O-])cc13)CCC2. The van der Waals surface area contributed by atoms with E-state index in [2.05, 4.69) is 4.98 Å². The normalized spacial score (nSPS) is 13.9. The van der Waals surface area contributed by atoms with Crippen LogP contribution in [-0.2, 0) is 12.8 Å². The van der Waals surface area contributed by atoms with Crippen LogP contribution < -0.4 is 10.8 Å². The fourth-order valence-corrected chi connectivity index (χ4v) is 2.43. The van der Waals surface area contributed by atoms with Crippen LogP contribution in [-0.4, -0.2) is 11.0 Å². The molecule has 1 aromatic carbocycles. The highest BCUT2D eigenvalue weighted by atomic mass is 16.4. The van der Waals surface area contributed by atoms with E-state index in [4.69, 9.17) is 5.73 Å². The minimum absolute atomic E-state index is 0.143. The van der Waals surface area contributed by atoms with E-state index in [1.54, 1.807) is 12.1 Å². The standard InChI is InChI=1S/C13H12N2O2/c14-12-8-2-1-3-10(8)15-11-5-4-7(13(16)17)6-9(11)12/h4-6H,1-3H2,(H2,14,15)(H,16,17)/p-1. The number of pyridine rings is 1. The minimum Gasteiger partial charge on any atom is -0.545 e. The van der Waals surface area contributed by atoms with Crippen LogP contribution in [0.5, 0.6) is 0 Å². The van der Waals surface area contributed by atoms with Crippen molar-refractivity contribution in [3.05, 3.63) is 35.0 Å². The third-order valence-electron chi connectivity index (χ3n) is 3.29. The van der Waals surface area contributed by atoms with Crippen LogP contribution in [0.1, 0.15) is 28.0 Å². The first kappa shape index (κ1) is 10.1. The van der Waals surface area contributed by atoms with Gasteiger partial charge in [-0.05, 0) is 42.5 Å². The molecule has 0 saturated heterocycles. The highest BCUT2D eigenvalue weighted by Crippen LogP contribution is 2.32. The van der Waals surface area contributed by atoms with Crippen molar-refractivity contribution < 1.29 is 9.90 Å². The summed E-state index contributed by atoms with van der Waals surface area (Å²) in [5.41, 5.74) is 9.79. The lowest BCUT2D eigenvalue weighted by Gasteiger charge is -2.10. The maximum atomic E-state index is 10.8. The summed E-state index contributed by atoms with van der Waals surface area (Å²) in [4.78, 5) is 15.3. The summed E-state index contributed by atoms with van der Waals surface area (Å²) in [5.74, 6) is -1.19. The molecule has 1 heterocycles. The lowest BCUT2D eigenvalue weighted by atomic mass is 10.0. The van der Waals surface area contributed by atoms with Crippen molar-refractivity contribution in [2.75, 3.05) is 5.73 Å². The van der Waals surface area contributed by atoms with E-state index in [0.717, 1.165) is 36.0 Å². The Morgan fingerprint density at radius 3 is 2.94 bits per heavy atom. The quantitative estimate of drug-likeness (QED) is 0.776. The van der Waals surface area contributed by atoms with Crippen LogP contribution in [0.4, 0.5) is 5.69 Å². The molecule has 0 bridgehead atoms. The molecule has 0 saturated carbocycles. The third-order valence-corrected chi connectivity index (χ3v) is 3.29. The van der Waals surface area contributed by atoms with Crippen molar-refractivity contribution in [2.45, 2.75) is 19.3 Å². The first-order valence-corrected chi connectivity index (χ1v) is 5.59. The van der Waals surface area contributed by atoms with Gasteiger partial charge < -0.3 is 15.6 Å². The Morgan fingerprint density at radius 1 is 1.35 bits per heavy atom. The molecule has 0 atom stereocenters. The van der Waals surface area contributed by atoms with Crippen molar-refractivity contribution in [1.82, 2.24) is 4.98 Å². The number of benzene rings is 1. The summed E-state index contributed by atoms with van der Waals surface area (Å²) in [6, 6.07) is 4.74. The van der Waals surface area contributed by atoms with Gasteiger partial charge in [0.05, 0.1) is 11.5 Å². The molecule has 1 aromatic heterocycles. The predicted molar refractivity (Wildman–Crippen MR) is 62.5 cm³/mol. The van der Waals surface area contributed by atoms with Crippen molar-refractivity contribution in [3.8, 4) is 0 Å². The molecule has 0 aliphatic heterocycles. The second kappa shape index (κ2) is 3.45. The van der Waals surface area contributed by atoms with Crippen molar-refractivity contribution >= 4 is 22.6 Å². The average Bonchev–Trinajstić information content (AvgIpc) is 2.77. The summed E-state index contributed by atoms with van der Waals surface area (Å²) < 4.78 is 0. The maximum Gasteiger partial charge on any atom is 0.0726 e. The predicted octanol–water partition coefficient (Wildman–Crippen LogP) is 0.669. The summed E-state index contributed by atoms with van der Waals surface area (Å²) >= 11 is 0. The van der Waals surface area contributed by atoms with Gasteiger partial charge in [0.25, 0.3) is 0 Å². The van der Waals surface area contributed by atoms with Crippen LogP contribution in [0, 0.1) is 0 Å². The summed E-state index contributed by atoms with van der Waals surface area (Å²) in [6.45, 7) is 0. The van der Waals surface area contributed by atoms with Crippen LogP contribution in [0.25, 0.3) is 10.9 Å². The molecule has 4 heteroatoms. The molecular formula is C13H11N2O2-. The fourth-order valence-electron chi connectivity index (χ4n) is 2.43. The summed E-state index contributed by atoms with van der Waals surface area (Å²) in [5, 5.41) is 11.5. The van der Waals surface area contributed by atoms with Gasteiger partial charge in [-0.1, -0.05) is 6.07 Å². The van der Waals surface area contributed by atoms with Crippen LogP contribution in [0.3, 0.4) is 0 Å². The second-order valence-electron chi connectivity index (χ2n) is 4.32. The molecule has 0 unspecified atom stereocenters. The van der Waals surface area contributed by atoms with E-state index in [1.807, 2.05) is 0 Å². The molecule has 1 aliphatic carbocycles. The molecule has 3 rings (SSSR count). The molecule has 4 nitrogen and oxygen atoms in total. The van der Waals surface area contributed by atoms with E-state index >= 15 is 0 Å². The Labute approximate surface area is 98.1 Å². The fraction of sp³-hybridized carbons (Fsp3) is 0.231. The van der Waals surface area contributed by atoms with Crippen LogP contribution >= 0.6 is 0 Å². The van der Waals surface area contributed by atoms with Gasteiger partial charge in [-0.2, -0.15) is 0 Å². The number of carbonyl (C=O) groups is 1. The number of carboxylic acid groups (broad SMARTS) is 1. The number of aryl methyl sites for hydroxylation is 1. The Kier molecular flexibility index (Phi) is 2.04. The number of nitrogens with two attached hydrogens (primary N) is 1. The maximum absolute atomic E-state index is 10.8. The largest absolute Gasteiger partial charge is 0.545 e. The van der Waals surface area contributed by atoms with Gasteiger partial charge in [0, 0.05) is 16.8 Å². The minimum atomic E-state index is -1.19. The van der Waals surface area contributed by atoms with Crippen LogP contribution in [0.15, 0.2) is 18.2 Å². The number of carbonyl (C=O) groups excluding carboxylic acids is 1. The van der Waals surface area contributed by atoms with Gasteiger partial charge in [-0.25, -0.2) is 0 Å². The van der Waals surface area contributed by atoms with Crippen molar-refractivity contribution in [3.63, 3.8) is 0 Å². The molecular weight excluding hydrogens is 216 g/mol. The van der Waals surface area contributed by atoms with E-state index in [9.17, 15) is 9.90 Å². The Morgan fingerprint density at radius 2 is 2.18 bits per heavy atom. The molecule has 2 aromatic rings. The van der Waals surface area contributed by atoms with E-state index < -0.39 is 5.97 Å². The van der Waals surface area contributed by atoms with Gasteiger partial charge in [0.2, 0.25) is 0 Å². The number of rotatable bonds is 1. The van der Waals surface area contributed by atoms with E-state index in [1.165, 1.54) is 6.07 Å². The average molecular weight is 227 g/mol. The van der Waals surface area contributed by atoms with Crippen molar-refractivity contribution in [1.29, 1.82) is 0 Å². The van der Waals surface area contributed by atoms with Crippen LogP contribution in [0.2, 0.25) is 0 Å². The summed E-state index contributed by atoms with van der Waals surface area (Å²) in [6.07, 6.45) is 2.95. The first-order valence-electron chi connectivity index (χ1n) is 5.59. The lowest BCUT2D eigenvalue weighted by Crippen LogP contribution is -2.22. The zero-order valence-corrected chi connectivity index (χ0v) is 9.19. The number of nitrogen functional groups attached to an aromatic ring is 1. The van der Waals surface area contributed by atoms with E-state index in [0.29, 0.717) is 11.1 Å². The zero-order valence-electron chi connectivity index (χ0n) is 9.19. The van der Waals surface area contributed by atoms with Gasteiger partial charge in [-0.15, -0.1) is 0 Å². The molecule has 2 N–H and O–H groups in total. The topological polar surface area (TPSA) is 79.0 Å². The zero-order chi connectivity index (χ0) is 12.0. The molecule has 0 amide bonds. The number of nitrogens with zero attached hydrogens (tertiary/aromatic N) is 1. The number of carboxylic acids is 1. The van der Waals surface area contributed by atoms with Gasteiger partial charge in [0.15, 0.2) is 0 Å². The molecule has 0 spiro atoms. The summed E-state index contributed by atoms with van der Waals surface area (Å²) in [7, 11) is 0. The lowest BCUT2D eigenvalue weighted by molar-refractivity contribution is -0.255. The Bertz CT molecular complexity index is 635.